The van der Waals surface area contributed by atoms with E-state index in [-0.39, 0.29) is 35.7 Å². The number of carbonyl (C=O) groups excluding carboxylic acids is 2. The molecule has 170 valence electrons. The highest BCUT2D eigenvalue weighted by molar-refractivity contribution is 5.82. The van der Waals surface area contributed by atoms with Crippen LogP contribution in [0.5, 0.6) is 0 Å². The van der Waals surface area contributed by atoms with Gasteiger partial charge in [0, 0.05) is 37.8 Å². The second-order valence-corrected chi connectivity index (χ2v) is 9.60. The van der Waals surface area contributed by atoms with Gasteiger partial charge < -0.3 is 19.9 Å². The topological polar surface area (TPSA) is 61.9 Å². The Kier molecular flexibility index (Phi) is 6.09. The van der Waals surface area contributed by atoms with E-state index in [0.29, 0.717) is 26.2 Å². The summed E-state index contributed by atoms with van der Waals surface area (Å²) in [5.74, 6) is -0.739. The fourth-order valence-corrected chi connectivity index (χ4v) is 4.32. The monoisotopic (exact) mass is 439 g/mol. The van der Waals surface area contributed by atoms with E-state index in [9.17, 15) is 14.0 Å². The normalized spacial score (nSPS) is 21.2. The Balaban J connectivity index is 1.41. The highest BCUT2D eigenvalue weighted by Gasteiger charge is 2.43. The molecule has 2 fully saturated rings. The zero-order valence-corrected chi connectivity index (χ0v) is 18.8. The quantitative estimate of drug-likeness (QED) is 0.788. The summed E-state index contributed by atoms with van der Waals surface area (Å²) in [4.78, 5) is 29.6. The molecule has 0 bridgehead atoms. The number of amides is 2. The molecule has 0 radical (unpaired) electrons. The lowest BCUT2D eigenvalue weighted by molar-refractivity contribution is -0.125. The molecular formula is C25H30FN3O3. The van der Waals surface area contributed by atoms with Gasteiger partial charge in [-0.2, -0.15) is 0 Å². The number of nitrogens with one attached hydrogen (secondary N) is 1. The summed E-state index contributed by atoms with van der Waals surface area (Å²) < 4.78 is 18.7. The molecule has 0 unspecified atom stereocenters. The summed E-state index contributed by atoms with van der Waals surface area (Å²) in [5.41, 5.74) is 1.39. The van der Waals surface area contributed by atoms with E-state index in [0.717, 1.165) is 11.3 Å². The first kappa shape index (κ1) is 22.1. The fourth-order valence-electron chi connectivity index (χ4n) is 4.32. The van der Waals surface area contributed by atoms with Gasteiger partial charge in [0.2, 0.25) is 5.91 Å². The van der Waals surface area contributed by atoms with Crippen LogP contribution in [0.4, 0.5) is 14.9 Å². The summed E-state index contributed by atoms with van der Waals surface area (Å²) in [6.45, 7) is 7.64. The van der Waals surface area contributed by atoms with Crippen LogP contribution in [0, 0.1) is 11.7 Å². The number of rotatable bonds is 4. The fraction of sp³-hybridized carbons (Fsp3) is 0.440. The zero-order chi connectivity index (χ0) is 22.9. The second kappa shape index (κ2) is 8.81. The predicted octanol–water partition coefficient (Wildman–Crippen LogP) is 3.78. The van der Waals surface area contributed by atoms with Crippen molar-refractivity contribution in [2.45, 2.75) is 38.3 Å². The Morgan fingerprint density at radius 1 is 0.969 bits per heavy atom. The van der Waals surface area contributed by atoms with Crippen LogP contribution in [-0.4, -0.2) is 54.7 Å². The lowest BCUT2D eigenvalue weighted by atomic mass is 9.88. The van der Waals surface area contributed by atoms with Gasteiger partial charge in [-0.3, -0.25) is 4.79 Å². The van der Waals surface area contributed by atoms with Crippen molar-refractivity contribution in [2.75, 3.05) is 31.1 Å². The lowest BCUT2D eigenvalue weighted by Crippen LogP contribution is -2.60. The van der Waals surface area contributed by atoms with Crippen LogP contribution in [0.1, 0.15) is 32.3 Å². The number of ether oxygens (including phenoxy) is 1. The number of nitrogens with zero attached hydrogens (tertiary/aromatic N) is 2. The third-order valence-corrected chi connectivity index (χ3v) is 5.96. The first-order chi connectivity index (χ1) is 15.2. The molecule has 2 saturated heterocycles. The third kappa shape index (κ3) is 5.03. The smallest absolute Gasteiger partial charge is 0.410 e. The molecule has 2 aliphatic rings. The van der Waals surface area contributed by atoms with Gasteiger partial charge in [0.1, 0.15) is 11.4 Å². The molecule has 2 atom stereocenters. The Morgan fingerprint density at radius 3 is 2.25 bits per heavy atom. The summed E-state index contributed by atoms with van der Waals surface area (Å²) in [6.07, 6.45) is -0.389. The summed E-state index contributed by atoms with van der Waals surface area (Å²) >= 11 is 0. The van der Waals surface area contributed by atoms with Crippen LogP contribution in [-0.2, 0) is 9.53 Å². The number of anilines is 1. The van der Waals surface area contributed by atoms with E-state index < -0.39 is 5.60 Å². The Hall–Kier alpha value is -3.09. The molecule has 2 amide bonds. The standard InChI is InChI=1S/C25H30FN3O3/c1-25(2,3)32-24(31)29-15-21(17-7-5-4-6-8-17)22(16-29)23(30)27-19-13-28(14-19)20-11-9-18(26)10-12-20/h4-12,19,21-22H,13-16H2,1-3H3,(H,27,30)/t21-,22+/m0/s1. The molecule has 32 heavy (non-hydrogen) atoms. The number of likely N-dealkylation sites (tertiary alicyclic amines) is 1. The highest BCUT2D eigenvalue weighted by Crippen LogP contribution is 2.34. The minimum Gasteiger partial charge on any atom is -0.444 e. The second-order valence-electron chi connectivity index (χ2n) is 9.60. The Labute approximate surface area is 188 Å². The number of hydrogen-bond acceptors (Lipinski definition) is 4. The minimum atomic E-state index is -0.588. The van der Waals surface area contributed by atoms with Crippen LogP contribution in [0.2, 0.25) is 0 Å². The maximum absolute atomic E-state index is 13.2. The molecule has 4 rings (SSSR count). The average molecular weight is 440 g/mol. The average Bonchev–Trinajstić information content (AvgIpc) is 3.16. The summed E-state index contributed by atoms with van der Waals surface area (Å²) in [7, 11) is 0. The van der Waals surface area contributed by atoms with Crippen molar-refractivity contribution < 1.29 is 18.7 Å². The van der Waals surface area contributed by atoms with E-state index >= 15 is 0 Å². The van der Waals surface area contributed by atoms with Crippen LogP contribution in [0.15, 0.2) is 54.6 Å². The zero-order valence-electron chi connectivity index (χ0n) is 18.8. The van der Waals surface area contributed by atoms with Crippen LogP contribution in [0.25, 0.3) is 0 Å². The minimum absolute atomic E-state index is 0.0274. The molecule has 0 aliphatic carbocycles. The molecule has 2 aliphatic heterocycles. The Morgan fingerprint density at radius 2 is 1.62 bits per heavy atom. The maximum atomic E-state index is 13.2. The molecular weight excluding hydrogens is 409 g/mol. The molecule has 2 heterocycles. The van der Waals surface area contributed by atoms with Crippen molar-refractivity contribution in [3.8, 4) is 0 Å². The van der Waals surface area contributed by atoms with Crippen molar-refractivity contribution in [1.82, 2.24) is 10.2 Å². The molecule has 2 aromatic carbocycles. The van der Waals surface area contributed by atoms with Crippen LogP contribution >= 0.6 is 0 Å². The van der Waals surface area contributed by atoms with Gasteiger partial charge in [0.25, 0.3) is 0 Å². The van der Waals surface area contributed by atoms with Gasteiger partial charge in [-0.1, -0.05) is 30.3 Å². The SMILES string of the molecule is CC(C)(C)OC(=O)N1C[C@@H](C(=O)NC2CN(c3ccc(F)cc3)C2)[C@H](c2ccccc2)C1. The van der Waals surface area contributed by atoms with Crippen molar-refractivity contribution >= 4 is 17.7 Å². The van der Waals surface area contributed by atoms with Crippen molar-refractivity contribution in [1.29, 1.82) is 0 Å². The number of carbonyl (C=O) groups is 2. The highest BCUT2D eigenvalue weighted by atomic mass is 19.1. The molecule has 2 aromatic rings. The third-order valence-electron chi connectivity index (χ3n) is 5.96. The van der Waals surface area contributed by atoms with E-state index in [4.69, 9.17) is 4.74 Å². The van der Waals surface area contributed by atoms with Gasteiger partial charge >= 0.3 is 6.09 Å². The molecule has 0 saturated carbocycles. The van der Waals surface area contributed by atoms with E-state index in [1.165, 1.54) is 12.1 Å². The molecule has 0 spiro atoms. The summed E-state index contributed by atoms with van der Waals surface area (Å²) in [5, 5.41) is 3.14. The number of benzene rings is 2. The maximum Gasteiger partial charge on any atom is 0.410 e. The lowest BCUT2D eigenvalue weighted by Gasteiger charge is -2.41. The molecule has 7 heteroatoms. The first-order valence-corrected chi connectivity index (χ1v) is 11.0. The molecule has 1 N–H and O–H groups in total. The van der Waals surface area contributed by atoms with Crippen LogP contribution < -0.4 is 10.2 Å². The van der Waals surface area contributed by atoms with Gasteiger partial charge in [0.05, 0.1) is 12.0 Å². The van der Waals surface area contributed by atoms with Crippen molar-refractivity contribution in [3.63, 3.8) is 0 Å². The van der Waals surface area contributed by atoms with E-state index in [1.54, 1.807) is 17.0 Å². The van der Waals surface area contributed by atoms with Gasteiger partial charge in [-0.05, 0) is 50.6 Å². The van der Waals surface area contributed by atoms with Crippen molar-refractivity contribution in [2.24, 2.45) is 5.92 Å². The number of halogens is 1. The van der Waals surface area contributed by atoms with Gasteiger partial charge in [0.15, 0.2) is 0 Å². The van der Waals surface area contributed by atoms with Crippen LogP contribution in [0.3, 0.4) is 0 Å². The molecule has 0 aromatic heterocycles. The molecule has 6 nitrogen and oxygen atoms in total. The van der Waals surface area contributed by atoms with E-state index in [1.807, 2.05) is 51.1 Å². The first-order valence-electron chi connectivity index (χ1n) is 11.0. The largest absolute Gasteiger partial charge is 0.444 e. The van der Waals surface area contributed by atoms with Gasteiger partial charge in [-0.25, -0.2) is 9.18 Å². The summed E-state index contributed by atoms with van der Waals surface area (Å²) in [6, 6.07) is 16.2. The Bertz CT molecular complexity index is 953. The van der Waals surface area contributed by atoms with Crippen molar-refractivity contribution in [3.05, 3.63) is 66.0 Å². The van der Waals surface area contributed by atoms with Gasteiger partial charge in [-0.15, -0.1) is 0 Å². The predicted molar refractivity (Wildman–Crippen MR) is 121 cm³/mol. The number of hydrogen-bond donors (Lipinski definition) is 1. The van der Waals surface area contributed by atoms with E-state index in [2.05, 4.69) is 10.2 Å².